The quantitative estimate of drug-likeness (QED) is 0.561. The van der Waals surface area contributed by atoms with Crippen LogP contribution in [-0.4, -0.2) is 30.2 Å². The highest BCUT2D eigenvalue weighted by atomic mass is 16.5. The minimum absolute atomic E-state index is 0.00408. The topological polar surface area (TPSA) is 89.5 Å². The van der Waals surface area contributed by atoms with Gasteiger partial charge in [0.2, 0.25) is 5.91 Å². The van der Waals surface area contributed by atoms with E-state index in [-0.39, 0.29) is 25.0 Å². The van der Waals surface area contributed by atoms with Crippen LogP contribution in [-0.2, 0) is 25.5 Å². The number of benzene rings is 2. The van der Waals surface area contributed by atoms with Crippen molar-refractivity contribution in [3.8, 4) is 0 Å². The second-order valence-corrected chi connectivity index (χ2v) is 6.52. The number of carbonyl (C=O) groups is 4. The van der Waals surface area contributed by atoms with E-state index in [1.807, 2.05) is 26.0 Å². The van der Waals surface area contributed by atoms with Crippen LogP contribution in [0.2, 0.25) is 0 Å². The lowest BCUT2D eigenvalue weighted by Gasteiger charge is -2.07. The average Bonchev–Trinajstić information content (AvgIpc) is 2.67. The van der Waals surface area contributed by atoms with Crippen LogP contribution in [0.15, 0.2) is 48.5 Å². The summed E-state index contributed by atoms with van der Waals surface area (Å²) in [4.78, 5) is 47.4. The van der Waals surface area contributed by atoms with Crippen molar-refractivity contribution in [2.24, 2.45) is 0 Å². The van der Waals surface area contributed by atoms with E-state index < -0.39 is 24.4 Å². The third kappa shape index (κ3) is 6.79. The summed E-state index contributed by atoms with van der Waals surface area (Å²) in [6.07, 6.45) is -0.0715. The fourth-order valence-corrected chi connectivity index (χ4v) is 2.51. The highest BCUT2D eigenvalue weighted by molar-refractivity contribution is 5.98. The molecule has 2 aromatic carbocycles. The maximum Gasteiger partial charge on any atom is 0.306 e. The van der Waals surface area contributed by atoms with Crippen molar-refractivity contribution >= 4 is 23.6 Å². The SMILES string of the molecule is Cc1ccc(C(=O)CCC(=O)OCC(=O)NC(=O)Cc2ccccc2)cc1C. The Labute approximate surface area is 163 Å². The molecule has 0 saturated heterocycles. The predicted octanol–water partition coefficient (Wildman–Crippen LogP) is 2.70. The molecule has 2 rings (SSSR count). The van der Waals surface area contributed by atoms with Gasteiger partial charge in [0.15, 0.2) is 12.4 Å². The molecule has 28 heavy (non-hydrogen) atoms. The number of nitrogens with one attached hydrogen (secondary N) is 1. The smallest absolute Gasteiger partial charge is 0.306 e. The number of ether oxygens (including phenoxy) is 1. The van der Waals surface area contributed by atoms with Gasteiger partial charge in [-0.2, -0.15) is 0 Å². The molecule has 0 heterocycles. The molecule has 0 bridgehead atoms. The molecule has 6 heteroatoms. The van der Waals surface area contributed by atoms with Crippen LogP contribution in [0, 0.1) is 13.8 Å². The highest BCUT2D eigenvalue weighted by Gasteiger charge is 2.14. The van der Waals surface area contributed by atoms with Crippen molar-refractivity contribution in [3.63, 3.8) is 0 Å². The molecule has 0 fully saturated rings. The summed E-state index contributed by atoms with van der Waals surface area (Å²) >= 11 is 0. The standard InChI is InChI=1S/C22H23NO5/c1-15-8-9-18(12-16(15)2)19(24)10-11-22(27)28-14-21(26)23-20(25)13-17-6-4-3-5-7-17/h3-9,12H,10-11,13-14H2,1-2H3,(H,23,25,26). The van der Waals surface area contributed by atoms with E-state index in [4.69, 9.17) is 4.74 Å². The predicted molar refractivity (Wildman–Crippen MR) is 104 cm³/mol. The van der Waals surface area contributed by atoms with Crippen molar-refractivity contribution in [2.75, 3.05) is 6.61 Å². The van der Waals surface area contributed by atoms with Crippen molar-refractivity contribution in [1.29, 1.82) is 0 Å². The van der Waals surface area contributed by atoms with Crippen LogP contribution in [0.4, 0.5) is 0 Å². The number of esters is 1. The Hall–Kier alpha value is -3.28. The van der Waals surface area contributed by atoms with Crippen LogP contribution in [0.1, 0.15) is 39.9 Å². The van der Waals surface area contributed by atoms with Gasteiger partial charge in [-0.3, -0.25) is 24.5 Å². The van der Waals surface area contributed by atoms with Crippen LogP contribution in [0.5, 0.6) is 0 Å². The zero-order valence-corrected chi connectivity index (χ0v) is 16.0. The summed E-state index contributed by atoms with van der Waals surface area (Å²) in [5.41, 5.74) is 3.41. The first-order valence-electron chi connectivity index (χ1n) is 8.98. The number of Topliss-reactive ketones (excluding diaryl/α,β-unsaturated/α-hetero) is 1. The van der Waals surface area contributed by atoms with Gasteiger partial charge in [0.1, 0.15) is 0 Å². The third-order valence-corrected chi connectivity index (χ3v) is 4.24. The number of hydrogen-bond donors (Lipinski definition) is 1. The lowest BCUT2D eigenvalue weighted by molar-refractivity contribution is -0.149. The molecule has 0 unspecified atom stereocenters. The summed E-state index contributed by atoms with van der Waals surface area (Å²) in [6.45, 7) is 3.31. The number of hydrogen-bond acceptors (Lipinski definition) is 5. The molecule has 0 radical (unpaired) electrons. The summed E-state index contributed by atoms with van der Waals surface area (Å²) in [5, 5.41) is 2.16. The fraction of sp³-hybridized carbons (Fsp3) is 0.273. The second-order valence-electron chi connectivity index (χ2n) is 6.52. The first-order chi connectivity index (χ1) is 13.3. The Balaban J connectivity index is 1.69. The Kier molecular flexibility index (Phi) is 7.63. The summed E-state index contributed by atoms with van der Waals surface area (Å²) < 4.78 is 4.83. The molecule has 1 N–H and O–H groups in total. The van der Waals surface area contributed by atoms with Gasteiger partial charge >= 0.3 is 5.97 Å². The van der Waals surface area contributed by atoms with Gasteiger partial charge in [-0.05, 0) is 36.6 Å². The molecule has 146 valence electrons. The van der Waals surface area contributed by atoms with Crippen molar-refractivity contribution in [2.45, 2.75) is 33.1 Å². The normalized spacial score (nSPS) is 10.2. The number of carbonyl (C=O) groups excluding carboxylic acids is 4. The van der Waals surface area contributed by atoms with Crippen LogP contribution >= 0.6 is 0 Å². The van der Waals surface area contributed by atoms with Gasteiger partial charge in [-0.15, -0.1) is 0 Å². The number of ketones is 1. The number of aryl methyl sites for hydroxylation is 2. The second kappa shape index (κ2) is 10.2. The molecular weight excluding hydrogens is 358 g/mol. The van der Waals surface area contributed by atoms with E-state index in [2.05, 4.69) is 5.32 Å². The molecular formula is C22H23NO5. The molecule has 0 aromatic heterocycles. The first kappa shape index (κ1) is 21.0. The molecule has 0 atom stereocenters. The summed E-state index contributed by atoms with van der Waals surface area (Å²) in [5.74, 6) is -2.00. The Morgan fingerprint density at radius 1 is 0.857 bits per heavy atom. The van der Waals surface area contributed by atoms with Gasteiger partial charge in [-0.1, -0.05) is 42.5 Å². The Bertz CT molecular complexity index is 874. The molecule has 0 aliphatic rings. The van der Waals surface area contributed by atoms with Gasteiger partial charge in [-0.25, -0.2) is 0 Å². The minimum Gasteiger partial charge on any atom is -0.456 e. The van der Waals surface area contributed by atoms with Gasteiger partial charge < -0.3 is 4.74 Å². The minimum atomic E-state index is -0.699. The zero-order valence-electron chi connectivity index (χ0n) is 16.0. The van der Waals surface area contributed by atoms with Crippen molar-refractivity contribution in [1.82, 2.24) is 5.32 Å². The number of amides is 2. The van der Waals surface area contributed by atoms with Crippen molar-refractivity contribution in [3.05, 3.63) is 70.8 Å². The number of imide groups is 1. The summed E-state index contributed by atoms with van der Waals surface area (Å²) in [7, 11) is 0. The lowest BCUT2D eigenvalue weighted by Crippen LogP contribution is -2.35. The van der Waals surface area contributed by atoms with Crippen molar-refractivity contribution < 1.29 is 23.9 Å². The van der Waals surface area contributed by atoms with Crippen LogP contribution < -0.4 is 5.32 Å². The van der Waals surface area contributed by atoms with E-state index in [9.17, 15) is 19.2 Å². The fourth-order valence-electron chi connectivity index (χ4n) is 2.51. The van der Waals surface area contributed by atoms with Gasteiger partial charge in [0, 0.05) is 12.0 Å². The zero-order chi connectivity index (χ0) is 20.5. The average molecular weight is 381 g/mol. The molecule has 2 amide bonds. The molecule has 0 saturated carbocycles. The van der Waals surface area contributed by atoms with E-state index in [1.165, 1.54) is 0 Å². The maximum atomic E-state index is 12.1. The van der Waals surface area contributed by atoms with E-state index in [1.54, 1.807) is 36.4 Å². The monoisotopic (exact) mass is 381 g/mol. The molecule has 6 nitrogen and oxygen atoms in total. The van der Waals surface area contributed by atoms with Crippen LogP contribution in [0.25, 0.3) is 0 Å². The first-order valence-corrected chi connectivity index (χ1v) is 8.98. The van der Waals surface area contributed by atoms with E-state index in [0.717, 1.165) is 16.7 Å². The molecule has 2 aromatic rings. The molecule has 0 spiro atoms. The summed E-state index contributed by atoms with van der Waals surface area (Å²) in [6, 6.07) is 14.3. The molecule has 0 aliphatic carbocycles. The third-order valence-electron chi connectivity index (χ3n) is 4.24. The van der Waals surface area contributed by atoms with E-state index in [0.29, 0.717) is 5.56 Å². The van der Waals surface area contributed by atoms with Crippen LogP contribution in [0.3, 0.4) is 0 Å². The Morgan fingerprint density at radius 3 is 2.25 bits per heavy atom. The maximum absolute atomic E-state index is 12.1. The lowest BCUT2D eigenvalue weighted by atomic mass is 10.0. The van der Waals surface area contributed by atoms with Gasteiger partial charge in [0.05, 0.1) is 12.8 Å². The molecule has 0 aliphatic heterocycles. The highest BCUT2D eigenvalue weighted by Crippen LogP contribution is 2.12. The van der Waals surface area contributed by atoms with E-state index >= 15 is 0 Å². The Morgan fingerprint density at radius 2 is 1.57 bits per heavy atom. The largest absolute Gasteiger partial charge is 0.456 e. The number of rotatable bonds is 8. The van der Waals surface area contributed by atoms with Gasteiger partial charge in [0.25, 0.3) is 5.91 Å².